The number of anilines is 2. The first-order valence-corrected chi connectivity index (χ1v) is 9.38. The fraction of sp³-hybridized carbons (Fsp3) is 0.294. The summed E-state index contributed by atoms with van der Waals surface area (Å²) in [6.45, 7) is 3.78. The number of nitrogens with zero attached hydrogens (tertiary/aromatic N) is 1. The Balaban J connectivity index is 1.86. The summed E-state index contributed by atoms with van der Waals surface area (Å²) in [4.78, 5) is 3.70. The Morgan fingerprint density at radius 3 is 2.33 bits per heavy atom. The molecule has 5 nitrogen and oxygen atoms in total. The molecular weight excluding hydrogens is 329 g/mol. The highest BCUT2D eigenvalue weighted by Crippen LogP contribution is 2.28. The number of piperazine rings is 1. The van der Waals surface area contributed by atoms with Crippen LogP contribution in [-0.4, -0.2) is 41.6 Å². The number of rotatable bonds is 4. The second kappa shape index (κ2) is 6.78. The Bertz CT molecular complexity index is 801. The summed E-state index contributed by atoms with van der Waals surface area (Å²) in [6, 6.07) is 12.2. The topological polar surface area (TPSA) is 53.9 Å². The van der Waals surface area contributed by atoms with E-state index in [2.05, 4.69) is 16.7 Å². The predicted molar refractivity (Wildman–Crippen MR) is 92.5 cm³/mol. The van der Waals surface area contributed by atoms with Gasteiger partial charge in [-0.15, -0.1) is 0 Å². The normalized spacial score (nSPS) is 16.2. The molecule has 7 heteroatoms. The maximum atomic E-state index is 13.0. The van der Waals surface area contributed by atoms with Crippen molar-refractivity contribution in [1.82, 2.24) is 0 Å². The first kappa shape index (κ1) is 16.7. The first-order valence-electron chi connectivity index (χ1n) is 7.89. The van der Waals surface area contributed by atoms with Crippen LogP contribution >= 0.6 is 0 Å². The highest BCUT2D eigenvalue weighted by atomic mass is 32.2. The Labute approximate surface area is 141 Å². The minimum Gasteiger partial charge on any atom is -0.359 e. The average molecular weight is 350 g/mol. The second-order valence-corrected chi connectivity index (χ2v) is 7.70. The molecule has 128 valence electrons. The molecule has 3 rings (SSSR count). The average Bonchev–Trinajstić information content (AvgIpc) is 2.56. The van der Waals surface area contributed by atoms with E-state index in [1.807, 2.05) is 12.1 Å². The fourth-order valence-electron chi connectivity index (χ4n) is 2.78. The summed E-state index contributed by atoms with van der Waals surface area (Å²) >= 11 is 0. The Hall–Kier alpha value is -2.12. The van der Waals surface area contributed by atoms with E-state index >= 15 is 0 Å². The van der Waals surface area contributed by atoms with E-state index in [1.54, 1.807) is 12.1 Å². The van der Waals surface area contributed by atoms with Crippen molar-refractivity contribution in [3.8, 4) is 0 Å². The van der Waals surface area contributed by atoms with Gasteiger partial charge in [0, 0.05) is 0 Å². The van der Waals surface area contributed by atoms with Gasteiger partial charge in [0.2, 0.25) is 0 Å². The molecule has 0 bridgehead atoms. The lowest BCUT2D eigenvalue weighted by Crippen LogP contribution is -3.12. The fourth-order valence-corrected chi connectivity index (χ4v) is 3.86. The summed E-state index contributed by atoms with van der Waals surface area (Å²) in [5, 5.41) is 0. The van der Waals surface area contributed by atoms with E-state index in [9.17, 15) is 12.8 Å². The third kappa shape index (κ3) is 3.68. The first-order chi connectivity index (χ1) is 11.5. The van der Waals surface area contributed by atoms with Gasteiger partial charge in [0.15, 0.2) is 0 Å². The van der Waals surface area contributed by atoms with Crippen molar-refractivity contribution in [3.05, 3.63) is 54.3 Å². The van der Waals surface area contributed by atoms with Gasteiger partial charge in [-0.2, -0.15) is 0 Å². The van der Waals surface area contributed by atoms with Crippen molar-refractivity contribution in [2.24, 2.45) is 0 Å². The van der Waals surface area contributed by atoms with Crippen molar-refractivity contribution >= 4 is 21.4 Å². The zero-order valence-electron chi connectivity index (χ0n) is 13.5. The quantitative estimate of drug-likeness (QED) is 0.864. The second-order valence-electron chi connectivity index (χ2n) is 6.02. The van der Waals surface area contributed by atoms with E-state index in [0.717, 1.165) is 44.0 Å². The highest BCUT2D eigenvalue weighted by Gasteiger charge is 2.21. The van der Waals surface area contributed by atoms with Crippen molar-refractivity contribution in [3.63, 3.8) is 0 Å². The zero-order valence-corrected chi connectivity index (χ0v) is 14.3. The van der Waals surface area contributed by atoms with E-state index in [0.29, 0.717) is 5.69 Å². The number of quaternary nitrogens is 1. The molecule has 1 aliphatic heterocycles. The molecule has 2 aromatic rings. The van der Waals surface area contributed by atoms with E-state index in [4.69, 9.17) is 0 Å². The smallest absolute Gasteiger partial charge is 0.261 e. The predicted octanol–water partition coefficient (Wildman–Crippen LogP) is 0.961. The van der Waals surface area contributed by atoms with Gasteiger partial charge in [-0.1, -0.05) is 12.1 Å². The minimum absolute atomic E-state index is 0.0431. The van der Waals surface area contributed by atoms with Crippen molar-refractivity contribution in [2.75, 3.05) is 42.8 Å². The Morgan fingerprint density at radius 1 is 1.04 bits per heavy atom. The van der Waals surface area contributed by atoms with Crippen LogP contribution in [-0.2, 0) is 10.0 Å². The standard InChI is InChI=1S/C17H20FN3O2S/c1-20-10-12-21(13-11-20)17-5-3-2-4-16(17)19-24(22,23)15-8-6-14(18)7-9-15/h2-9,19H,10-13H2,1H3/p+1. The molecular formula is C17H21FN3O2S+. The van der Waals surface area contributed by atoms with Gasteiger partial charge < -0.3 is 9.80 Å². The van der Waals surface area contributed by atoms with Gasteiger partial charge in [-0.25, -0.2) is 12.8 Å². The van der Waals surface area contributed by atoms with E-state index in [-0.39, 0.29) is 4.90 Å². The lowest BCUT2D eigenvalue weighted by molar-refractivity contribution is -0.880. The molecule has 1 fully saturated rings. The van der Waals surface area contributed by atoms with Gasteiger partial charge in [0.1, 0.15) is 5.82 Å². The third-order valence-electron chi connectivity index (χ3n) is 4.23. The molecule has 0 amide bonds. The molecule has 0 saturated carbocycles. The number of hydrogen-bond acceptors (Lipinski definition) is 3. The van der Waals surface area contributed by atoms with Gasteiger partial charge in [-0.05, 0) is 36.4 Å². The molecule has 0 unspecified atom stereocenters. The number of nitrogens with one attached hydrogen (secondary N) is 2. The van der Waals surface area contributed by atoms with Crippen LogP contribution in [0.25, 0.3) is 0 Å². The lowest BCUT2D eigenvalue weighted by Gasteiger charge is -2.33. The SMILES string of the molecule is C[NH+]1CCN(c2ccccc2NS(=O)(=O)c2ccc(F)cc2)CC1. The van der Waals surface area contributed by atoms with Gasteiger partial charge >= 0.3 is 0 Å². The summed E-state index contributed by atoms with van der Waals surface area (Å²) in [5.41, 5.74) is 1.41. The molecule has 2 N–H and O–H groups in total. The van der Waals surface area contributed by atoms with Crippen LogP contribution in [0.3, 0.4) is 0 Å². The molecule has 0 radical (unpaired) electrons. The van der Waals surface area contributed by atoms with Gasteiger partial charge in [0.05, 0.1) is 49.5 Å². The van der Waals surface area contributed by atoms with E-state index in [1.165, 1.54) is 17.0 Å². The molecule has 2 aromatic carbocycles. The largest absolute Gasteiger partial charge is 0.359 e. The maximum absolute atomic E-state index is 13.0. The number of halogens is 1. The monoisotopic (exact) mass is 350 g/mol. The van der Waals surface area contributed by atoms with Crippen LogP contribution < -0.4 is 14.5 Å². The number of sulfonamides is 1. The molecule has 0 aliphatic carbocycles. The van der Waals surface area contributed by atoms with Gasteiger partial charge in [-0.3, -0.25) is 4.72 Å². The Morgan fingerprint density at radius 2 is 1.67 bits per heavy atom. The molecule has 1 saturated heterocycles. The number of hydrogen-bond donors (Lipinski definition) is 2. The number of likely N-dealkylation sites (N-methyl/N-ethyl adjacent to an activating group) is 1. The Kier molecular flexibility index (Phi) is 4.73. The maximum Gasteiger partial charge on any atom is 0.261 e. The zero-order chi connectivity index (χ0) is 17.2. The number of para-hydroxylation sites is 2. The van der Waals surface area contributed by atoms with Crippen molar-refractivity contribution < 1.29 is 17.7 Å². The minimum atomic E-state index is -3.75. The third-order valence-corrected chi connectivity index (χ3v) is 5.61. The highest BCUT2D eigenvalue weighted by molar-refractivity contribution is 7.92. The van der Waals surface area contributed by atoms with Crippen molar-refractivity contribution in [1.29, 1.82) is 0 Å². The molecule has 24 heavy (non-hydrogen) atoms. The molecule has 1 aliphatic rings. The summed E-state index contributed by atoms with van der Waals surface area (Å²) in [7, 11) is -1.60. The number of benzene rings is 2. The molecule has 0 spiro atoms. The van der Waals surface area contributed by atoms with Crippen molar-refractivity contribution in [2.45, 2.75) is 4.90 Å². The summed E-state index contributed by atoms with van der Waals surface area (Å²) in [5.74, 6) is -0.464. The van der Waals surface area contributed by atoms with Crippen LogP contribution in [0.1, 0.15) is 0 Å². The lowest BCUT2D eigenvalue weighted by atomic mass is 10.2. The van der Waals surface area contributed by atoms with Crippen LogP contribution in [0.5, 0.6) is 0 Å². The van der Waals surface area contributed by atoms with E-state index < -0.39 is 15.8 Å². The summed E-state index contributed by atoms with van der Waals surface area (Å²) in [6.07, 6.45) is 0. The molecule has 0 atom stereocenters. The van der Waals surface area contributed by atoms with Crippen LogP contribution in [0.15, 0.2) is 53.4 Å². The molecule has 0 aromatic heterocycles. The van der Waals surface area contributed by atoms with Crippen LogP contribution in [0.4, 0.5) is 15.8 Å². The van der Waals surface area contributed by atoms with Crippen LogP contribution in [0, 0.1) is 5.82 Å². The van der Waals surface area contributed by atoms with Gasteiger partial charge in [0.25, 0.3) is 10.0 Å². The molecule has 1 heterocycles. The van der Waals surface area contributed by atoms with Crippen LogP contribution in [0.2, 0.25) is 0 Å². The summed E-state index contributed by atoms with van der Waals surface area (Å²) < 4.78 is 40.7.